The molecule has 0 aliphatic carbocycles. The number of methoxy groups -OCH3 is 1. The number of nitrogens with one attached hydrogen (secondary N) is 1. The molecule has 0 spiro atoms. The molecule has 0 fully saturated rings. The molecule has 0 bridgehead atoms. The van der Waals surface area contributed by atoms with Gasteiger partial charge < -0.3 is 14.8 Å². The van der Waals surface area contributed by atoms with E-state index in [1.165, 1.54) is 12.1 Å². The minimum Gasteiger partial charge on any atom is -0.491 e. The third-order valence-electron chi connectivity index (χ3n) is 4.43. The van der Waals surface area contributed by atoms with E-state index in [-0.39, 0.29) is 12.1 Å². The van der Waals surface area contributed by atoms with Gasteiger partial charge in [0.15, 0.2) is 0 Å². The fourth-order valence-electron chi connectivity index (χ4n) is 2.98. The molecule has 30 heavy (non-hydrogen) atoms. The first-order chi connectivity index (χ1) is 14.6. The van der Waals surface area contributed by atoms with Crippen LogP contribution in [0.3, 0.4) is 0 Å². The van der Waals surface area contributed by atoms with Crippen LogP contribution in [0.5, 0.6) is 5.75 Å². The van der Waals surface area contributed by atoms with E-state index in [2.05, 4.69) is 11.4 Å². The highest BCUT2D eigenvalue weighted by Gasteiger charge is 2.12. The Morgan fingerprint density at radius 3 is 2.70 bits per heavy atom. The predicted octanol–water partition coefficient (Wildman–Crippen LogP) is 4.32. The Hall–Kier alpha value is -3.69. The lowest BCUT2D eigenvalue weighted by atomic mass is 9.98. The zero-order valence-electron chi connectivity index (χ0n) is 16.5. The van der Waals surface area contributed by atoms with Crippen LogP contribution in [0.25, 0.3) is 11.1 Å². The van der Waals surface area contributed by atoms with Crippen LogP contribution in [0.15, 0.2) is 66.7 Å². The van der Waals surface area contributed by atoms with Crippen LogP contribution in [-0.2, 0) is 11.3 Å². The second kappa shape index (κ2) is 10.2. The molecule has 0 saturated heterocycles. The van der Waals surface area contributed by atoms with Gasteiger partial charge in [0.25, 0.3) is 5.91 Å². The van der Waals surface area contributed by atoms with E-state index < -0.39 is 11.7 Å². The molecular formula is C24H21FN2O3. The van der Waals surface area contributed by atoms with E-state index >= 15 is 0 Å². The molecule has 152 valence electrons. The Morgan fingerprint density at radius 2 is 1.90 bits per heavy atom. The molecule has 0 unspecified atom stereocenters. The van der Waals surface area contributed by atoms with Crippen molar-refractivity contribution in [1.29, 1.82) is 5.26 Å². The van der Waals surface area contributed by atoms with Gasteiger partial charge in [-0.05, 0) is 53.1 Å². The summed E-state index contributed by atoms with van der Waals surface area (Å²) in [6.07, 6.45) is 0. The number of amides is 1. The number of carbonyl (C=O) groups is 1. The Balaban J connectivity index is 1.73. The summed E-state index contributed by atoms with van der Waals surface area (Å²) in [5, 5.41) is 12.1. The highest BCUT2D eigenvalue weighted by Crippen LogP contribution is 2.25. The van der Waals surface area contributed by atoms with Crippen LogP contribution in [0.4, 0.5) is 4.39 Å². The van der Waals surface area contributed by atoms with Crippen LogP contribution >= 0.6 is 0 Å². The maximum Gasteiger partial charge on any atom is 0.251 e. The molecule has 0 radical (unpaired) electrons. The SMILES string of the molecule is COCCOc1cccc(CNC(=O)c2cc(F)cc(-c3ccccc3C#N)c2)c1. The van der Waals surface area contributed by atoms with Gasteiger partial charge in [0.1, 0.15) is 18.2 Å². The molecule has 3 aromatic carbocycles. The van der Waals surface area contributed by atoms with E-state index in [0.717, 1.165) is 5.56 Å². The first kappa shape index (κ1) is 21.0. The number of hydrogen-bond donors (Lipinski definition) is 1. The third-order valence-corrected chi connectivity index (χ3v) is 4.43. The first-order valence-electron chi connectivity index (χ1n) is 9.39. The predicted molar refractivity (Wildman–Crippen MR) is 112 cm³/mol. The second-order valence-electron chi connectivity index (χ2n) is 6.56. The van der Waals surface area contributed by atoms with E-state index in [0.29, 0.717) is 35.7 Å². The van der Waals surface area contributed by atoms with Crippen LogP contribution in [0.2, 0.25) is 0 Å². The van der Waals surface area contributed by atoms with E-state index in [9.17, 15) is 14.4 Å². The Bertz CT molecular complexity index is 1080. The molecule has 0 aliphatic heterocycles. The molecule has 3 rings (SSSR count). The Kier molecular flexibility index (Phi) is 7.14. The minimum atomic E-state index is -0.543. The van der Waals surface area contributed by atoms with Gasteiger partial charge in [-0.25, -0.2) is 4.39 Å². The molecule has 0 aromatic heterocycles. The summed E-state index contributed by atoms with van der Waals surface area (Å²) in [5.41, 5.74) is 2.51. The second-order valence-corrected chi connectivity index (χ2v) is 6.56. The van der Waals surface area contributed by atoms with Gasteiger partial charge in [-0.2, -0.15) is 5.26 Å². The quantitative estimate of drug-likeness (QED) is 0.568. The van der Waals surface area contributed by atoms with Gasteiger partial charge in [-0.15, -0.1) is 0 Å². The number of halogens is 1. The molecule has 3 aromatic rings. The van der Waals surface area contributed by atoms with Crippen molar-refractivity contribution >= 4 is 5.91 Å². The smallest absolute Gasteiger partial charge is 0.251 e. The molecule has 0 aliphatic rings. The summed E-state index contributed by atoms with van der Waals surface area (Å²) in [6, 6.07) is 20.4. The highest BCUT2D eigenvalue weighted by atomic mass is 19.1. The average molecular weight is 404 g/mol. The number of carbonyl (C=O) groups excluding carboxylic acids is 1. The zero-order chi connectivity index (χ0) is 21.3. The van der Waals surface area contributed by atoms with Gasteiger partial charge in [-0.3, -0.25) is 4.79 Å². The average Bonchev–Trinajstić information content (AvgIpc) is 2.77. The molecular weight excluding hydrogens is 383 g/mol. The molecule has 6 heteroatoms. The number of nitriles is 1. The highest BCUT2D eigenvalue weighted by molar-refractivity contribution is 5.95. The van der Waals surface area contributed by atoms with Gasteiger partial charge in [0.2, 0.25) is 0 Å². The lowest BCUT2D eigenvalue weighted by molar-refractivity contribution is 0.0950. The first-order valence-corrected chi connectivity index (χ1v) is 9.39. The Morgan fingerprint density at radius 1 is 1.07 bits per heavy atom. The molecule has 1 amide bonds. The van der Waals surface area contributed by atoms with Crippen molar-refractivity contribution in [1.82, 2.24) is 5.32 Å². The van der Waals surface area contributed by atoms with Gasteiger partial charge >= 0.3 is 0 Å². The monoisotopic (exact) mass is 404 g/mol. The number of ether oxygens (including phenoxy) is 2. The summed E-state index contributed by atoms with van der Waals surface area (Å²) in [4.78, 5) is 12.6. The summed E-state index contributed by atoms with van der Waals surface area (Å²) in [7, 11) is 1.60. The van der Waals surface area contributed by atoms with Crippen molar-refractivity contribution in [3.05, 3.63) is 89.2 Å². The molecule has 0 atom stereocenters. The van der Waals surface area contributed by atoms with E-state index in [4.69, 9.17) is 9.47 Å². The van der Waals surface area contributed by atoms with Crippen molar-refractivity contribution in [2.24, 2.45) is 0 Å². The topological polar surface area (TPSA) is 71.3 Å². The van der Waals surface area contributed by atoms with Crippen molar-refractivity contribution < 1.29 is 18.7 Å². The van der Waals surface area contributed by atoms with Crippen molar-refractivity contribution in [2.75, 3.05) is 20.3 Å². The lowest BCUT2D eigenvalue weighted by Gasteiger charge is -2.10. The standard InChI is InChI=1S/C24H21FN2O3/c1-29-9-10-30-22-7-4-5-17(11-22)16-27-24(28)20-12-19(13-21(25)14-20)23-8-3-2-6-18(23)15-26/h2-8,11-14H,9-10,16H2,1H3,(H,27,28). The third kappa shape index (κ3) is 5.43. The van der Waals surface area contributed by atoms with Crippen molar-refractivity contribution in [2.45, 2.75) is 6.54 Å². The number of nitrogens with zero attached hydrogens (tertiary/aromatic N) is 1. The zero-order valence-corrected chi connectivity index (χ0v) is 16.5. The largest absolute Gasteiger partial charge is 0.491 e. The maximum atomic E-state index is 14.2. The molecule has 5 nitrogen and oxygen atoms in total. The van der Waals surface area contributed by atoms with Crippen LogP contribution in [-0.4, -0.2) is 26.2 Å². The van der Waals surface area contributed by atoms with Gasteiger partial charge in [-0.1, -0.05) is 30.3 Å². The molecule has 0 heterocycles. The van der Waals surface area contributed by atoms with Gasteiger partial charge in [0, 0.05) is 19.2 Å². The summed E-state index contributed by atoms with van der Waals surface area (Å²) in [6.45, 7) is 1.18. The lowest BCUT2D eigenvalue weighted by Crippen LogP contribution is -2.23. The number of rotatable bonds is 8. The Labute approximate surface area is 174 Å². The normalized spacial score (nSPS) is 10.3. The van der Waals surface area contributed by atoms with Crippen LogP contribution in [0.1, 0.15) is 21.5 Å². The van der Waals surface area contributed by atoms with Crippen molar-refractivity contribution in [3.8, 4) is 22.9 Å². The van der Waals surface area contributed by atoms with Gasteiger partial charge in [0.05, 0.1) is 18.2 Å². The van der Waals surface area contributed by atoms with E-state index in [1.54, 1.807) is 37.4 Å². The fraction of sp³-hybridized carbons (Fsp3) is 0.167. The van der Waals surface area contributed by atoms with Crippen LogP contribution in [0, 0.1) is 17.1 Å². The summed E-state index contributed by atoms with van der Waals surface area (Å²) >= 11 is 0. The fourth-order valence-corrected chi connectivity index (χ4v) is 2.98. The van der Waals surface area contributed by atoms with Crippen molar-refractivity contribution in [3.63, 3.8) is 0 Å². The number of hydrogen-bond acceptors (Lipinski definition) is 4. The number of benzene rings is 3. The summed E-state index contributed by atoms with van der Waals surface area (Å²) in [5.74, 6) is -0.269. The maximum absolute atomic E-state index is 14.2. The van der Waals surface area contributed by atoms with E-state index in [1.807, 2.05) is 24.3 Å². The molecule has 1 N–H and O–H groups in total. The molecule has 0 saturated carbocycles. The summed E-state index contributed by atoms with van der Waals surface area (Å²) < 4.78 is 24.7. The van der Waals surface area contributed by atoms with Crippen LogP contribution < -0.4 is 10.1 Å². The minimum absolute atomic E-state index is 0.185.